The lowest BCUT2D eigenvalue weighted by molar-refractivity contribution is -0.153. The average Bonchev–Trinajstić information content (AvgIpc) is 3.16. The van der Waals surface area contributed by atoms with E-state index in [-0.39, 0.29) is 12.5 Å². The minimum Gasteiger partial charge on any atom is -0.381 e. The Morgan fingerprint density at radius 3 is 2.58 bits per heavy atom. The average molecular weight is 270 g/mol. The third kappa shape index (κ3) is 2.74. The lowest BCUT2D eigenvalue weighted by Gasteiger charge is -2.38. The number of primary amides is 1. The largest absolute Gasteiger partial charge is 0.381 e. The Labute approximate surface area is 112 Å². The maximum absolute atomic E-state index is 12.5. The Kier molecular flexibility index (Phi) is 3.82. The van der Waals surface area contributed by atoms with Crippen LogP contribution >= 0.6 is 0 Å². The molecule has 19 heavy (non-hydrogen) atoms. The molecule has 0 aromatic heterocycles. The van der Waals surface area contributed by atoms with Gasteiger partial charge in [0.05, 0.1) is 18.6 Å². The number of β-amino-alcohol motifs (C(OH)–C–C–N with tert-alkyl or cyclic N) is 1. The molecule has 6 heteroatoms. The molecule has 0 unspecified atom stereocenters. The quantitative estimate of drug-likeness (QED) is 0.713. The zero-order valence-electron chi connectivity index (χ0n) is 11.4. The van der Waals surface area contributed by atoms with Gasteiger partial charge < -0.3 is 20.5 Å². The van der Waals surface area contributed by atoms with E-state index in [0.717, 1.165) is 12.8 Å². The molecule has 1 heterocycles. The number of ether oxygens (including phenoxy) is 1. The van der Waals surface area contributed by atoms with Gasteiger partial charge in [-0.15, -0.1) is 0 Å². The van der Waals surface area contributed by atoms with Crippen molar-refractivity contribution in [2.75, 3.05) is 26.3 Å². The van der Waals surface area contributed by atoms with E-state index in [1.807, 2.05) is 6.92 Å². The molecular formula is C13H22N2O4. The monoisotopic (exact) mass is 270 g/mol. The summed E-state index contributed by atoms with van der Waals surface area (Å²) in [5, 5.41) is 10.1. The second kappa shape index (κ2) is 5.09. The normalized spacial score (nSPS) is 29.1. The number of carbonyl (C=O) groups is 2. The van der Waals surface area contributed by atoms with Crippen LogP contribution in [-0.2, 0) is 14.3 Å². The predicted molar refractivity (Wildman–Crippen MR) is 68.1 cm³/mol. The molecule has 2 amide bonds. The molecule has 3 N–H and O–H groups in total. The van der Waals surface area contributed by atoms with E-state index in [0.29, 0.717) is 32.6 Å². The minimum absolute atomic E-state index is 0.00897. The van der Waals surface area contributed by atoms with Crippen molar-refractivity contribution in [1.29, 1.82) is 0 Å². The van der Waals surface area contributed by atoms with E-state index in [4.69, 9.17) is 10.5 Å². The van der Waals surface area contributed by atoms with Gasteiger partial charge in [-0.25, -0.2) is 0 Å². The van der Waals surface area contributed by atoms with E-state index >= 15 is 0 Å². The highest BCUT2D eigenvalue weighted by Gasteiger charge is 2.53. The molecule has 6 nitrogen and oxygen atoms in total. The van der Waals surface area contributed by atoms with E-state index < -0.39 is 16.9 Å². The van der Waals surface area contributed by atoms with E-state index in [9.17, 15) is 14.7 Å². The van der Waals surface area contributed by atoms with Crippen molar-refractivity contribution in [3.63, 3.8) is 0 Å². The number of piperidine rings is 1. The molecule has 2 aliphatic rings. The second-order valence-corrected chi connectivity index (χ2v) is 5.64. The molecule has 0 radical (unpaired) electrons. The van der Waals surface area contributed by atoms with Crippen LogP contribution in [-0.4, -0.2) is 53.7 Å². The van der Waals surface area contributed by atoms with Gasteiger partial charge >= 0.3 is 0 Å². The SMILES string of the molecule is CCOCC1(C(=O)N2CCC[C@@](O)(C(N)=O)C2)CC1. The fraction of sp³-hybridized carbons (Fsp3) is 0.846. The zero-order chi connectivity index (χ0) is 14.1. The van der Waals surface area contributed by atoms with E-state index in [1.54, 1.807) is 4.90 Å². The summed E-state index contributed by atoms with van der Waals surface area (Å²) >= 11 is 0. The van der Waals surface area contributed by atoms with Crippen LogP contribution in [0.5, 0.6) is 0 Å². The Morgan fingerprint density at radius 2 is 2.05 bits per heavy atom. The molecule has 2 rings (SSSR count). The summed E-state index contributed by atoms with van der Waals surface area (Å²) in [5.41, 5.74) is 3.22. The van der Waals surface area contributed by atoms with Crippen LogP contribution < -0.4 is 5.73 Å². The van der Waals surface area contributed by atoms with Crippen molar-refractivity contribution in [2.24, 2.45) is 11.1 Å². The second-order valence-electron chi connectivity index (χ2n) is 5.64. The van der Waals surface area contributed by atoms with Gasteiger partial charge in [0.15, 0.2) is 5.60 Å². The Balaban J connectivity index is 2.02. The summed E-state index contributed by atoms with van der Waals surface area (Å²) in [6.45, 7) is 3.48. The number of rotatable bonds is 5. The Morgan fingerprint density at radius 1 is 1.37 bits per heavy atom. The fourth-order valence-corrected chi connectivity index (χ4v) is 2.61. The van der Waals surface area contributed by atoms with Gasteiger partial charge in [-0.2, -0.15) is 0 Å². The fourth-order valence-electron chi connectivity index (χ4n) is 2.61. The number of nitrogens with zero attached hydrogens (tertiary/aromatic N) is 1. The van der Waals surface area contributed by atoms with Crippen LogP contribution in [0.1, 0.15) is 32.6 Å². The van der Waals surface area contributed by atoms with Crippen molar-refractivity contribution in [3.8, 4) is 0 Å². The molecule has 0 spiro atoms. The molecule has 1 aliphatic heterocycles. The first-order valence-electron chi connectivity index (χ1n) is 6.83. The van der Waals surface area contributed by atoms with Gasteiger partial charge in [0.1, 0.15) is 0 Å². The smallest absolute Gasteiger partial charge is 0.251 e. The number of hydrogen-bond donors (Lipinski definition) is 2. The number of likely N-dealkylation sites (tertiary alicyclic amines) is 1. The Hall–Kier alpha value is -1.14. The van der Waals surface area contributed by atoms with Gasteiger partial charge in [0.25, 0.3) is 5.91 Å². The van der Waals surface area contributed by atoms with Gasteiger partial charge in [-0.3, -0.25) is 9.59 Å². The highest BCUT2D eigenvalue weighted by molar-refractivity contribution is 5.88. The van der Waals surface area contributed by atoms with Gasteiger partial charge in [-0.1, -0.05) is 0 Å². The summed E-state index contributed by atoms with van der Waals surface area (Å²) in [7, 11) is 0. The van der Waals surface area contributed by atoms with Crippen LogP contribution in [0.3, 0.4) is 0 Å². The third-order valence-electron chi connectivity index (χ3n) is 4.11. The summed E-state index contributed by atoms with van der Waals surface area (Å²) in [5.74, 6) is -0.764. The van der Waals surface area contributed by atoms with Gasteiger partial charge in [0, 0.05) is 13.2 Å². The standard InChI is InChI=1S/C13H22N2O4/c1-2-19-9-12(5-6-12)11(17)15-7-3-4-13(18,8-15)10(14)16/h18H,2-9H2,1H3,(H2,14,16)/t13-/m0/s1. The van der Waals surface area contributed by atoms with Crippen molar-refractivity contribution >= 4 is 11.8 Å². The summed E-state index contributed by atoms with van der Waals surface area (Å²) < 4.78 is 5.37. The molecule has 0 bridgehead atoms. The predicted octanol–water partition coefficient (Wildman–Crippen LogP) is -0.358. The van der Waals surface area contributed by atoms with E-state index in [2.05, 4.69) is 0 Å². The highest BCUT2D eigenvalue weighted by Crippen LogP contribution is 2.48. The Bertz CT molecular complexity index is 381. The number of aliphatic hydroxyl groups is 1. The summed E-state index contributed by atoms with van der Waals surface area (Å²) in [6, 6.07) is 0. The van der Waals surface area contributed by atoms with Gasteiger partial charge in [-0.05, 0) is 32.6 Å². The highest BCUT2D eigenvalue weighted by atomic mass is 16.5. The third-order valence-corrected chi connectivity index (χ3v) is 4.11. The number of carbonyl (C=O) groups excluding carboxylic acids is 2. The molecule has 1 aliphatic carbocycles. The first kappa shape index (κ1) is 14.3. The molecule has 0 aromatic rings. The minimum atomic E-state index is -1.57. The number of hydrogen-bond acceptors (Lipinski definition) is 4. The molecule has 108 valence electrons. The summed E-state index contributed by atoms with van der Waals surface area (Å²) in [6.07, 6.45) is 2.55. The molecular weight excluding hydrogens is 248 g/mol. The van der Waals surface area contributed by atoms with Gasteiger partial charge in [0.2, 0.25) is 5.91 Å². The topological polar surface area (TPSA) is 92.9 Å². The lowest BCUT2D eigenvalue weighted by atomic mass is 9.91. The van der Waals surface area contributed by atoms with Crippen molar-refractivity contribution in [3.05, 3.63) is 0 Å². The van der Waals surface area contributed by atoms with Crippen LogP contribution in [0.25, 0.3) is 0 Å². The number of nitrogens with two attached hydrogens (primary N) is 1. The van der Waals surface area contributed by atoms with E-state index in [1.165, 1.54) is 0 Å². The lowest BCUT2D eigenvalue weighted by Crippen LogP contribution is -2.58. The maximum Gasteiger partial charge on any atom is 0.251 e. The van der Waals surface area contributed by atoms with Crippen LogP contribution in [0.4, 0.5) is 0 Å². The zero-order valence-corrected chi connectivity index (χ0v) is 11.4. The van der Waals surface area contributed by atoms with Crippen LogP contribution in [0.2, 0.25) is 0 Å². The number of amides is 2. The molecule has 1 saturated heterocycles. The van der Waals surface area contributed by atoms with Crippen molar-refractivity contribution < 1.29 is 19.4 Å². The molecule has 0 aromatic carbocycles. The van der Waals surface area contributed by atoms with Crippen molar-refractivity contribution in [2.45, 2.75) is 38.2 Å². The molecule has 1 saturated carbocycles. The maximum atomic E-state index is 12.5. The first-order valence-corrected chi connectivity index (χ1v) is 6.83. The van der Waals surface area contributed by atoms with Crippen LogP contribution in [0, 0.1) is 5.41 Å². The van der Waals surface area contributed by atoms with Crippen molar-refractivity contribution in [1.82, 2.24) is 4.90 Å². The molecule has 1 atom stereocenters. The molecule has 2 fully saturated rings. The van der Waals surface area contributed by atoms with Crippen LogP contribution in [0.15, 0.2) is 0 Å². The summed E-state index contributed by atoms with van der Waals surface area (Å²) in [4.78, 5) is 25.3. The first-order chi connectivity index (χ1) is 8.93.